The molecule has 0 heterocycles. The van der Waals surface area contributed by atoms with Crippen LogP contribution in [-0.2, 0) is 4.79 Å². The van der Waals surface area contributed by atoms with Gasteiger partial charge in [0.05, 0.1) is 0 Å². The Morgan fingerprint density at radius 3 is 2.60 bits per heavy atom. The van der Waals surface area contributed by atoms with Crippen molar-refractivity contribution in [2.24, 2.45) is 11.8 Å². The van der Waals surface area contributed by atoms with Crippen LogP contribution >= 0.6 is 0 Å². The van der Waals surface area contributed by atoms with Gasteiger partial charge in [-0.3, -0.25) is 0 Å². The molecule has 0 amide bonds. The van der Waals surface area contributed by atoms with E-state index in [0.717, 1.165) is 12.8 Å². The first-order valence-electron chi connectivity index (χ1n) is 5.65. The van der Waals surface area contributed by atoms with Crippen LogP contribution in [0, 0.1) is 11.8 Å². The fraction of sp³-hybridized carbons (Fsp3) is 0.571. The Kier molecular flexibility index (Phi) is 7.67. The Bertz CT molecular complexity index is 267. The van der Waals surface area contributed by atoms with Gasteiger partial charge in [-0.2, -0.15) is 0 Å². The first kappa shape index (κ1) is 13.9. The lowest BCUT2D eigenvalue weighted by atomic mass is 9.98. The van der Waals surface area contributed by atoms with E-state index in [9.17, 15) is 4.79 Å². The summed E-state index contributed by atoms with van der Waals surface area (Å²) in [4.78, 5) is 10.1. The molecule has 0 aliphatic rings. The molecule has 0 saturated heterocycles. The van der Waals surface area contributed by atoms with Crippen LogP contribution in [-0.4, -0.2) is 5.94 Å². The summed E-state index contributed by atoms with van der Waals surface area (Å²) in [5.41, 5.74) is 1.34. The first-order chi connectivity index (χ1) is 7.10. The average molecular weight is 206 g/mol. The summed E-state index contributed by atoms with van der Waals surface area (Å²) in [6.45, 7) is 8.47. The molecule has 2 unspecified atom stereocenters. The van der Waals surface area contributed by atoms with Crippen LogP contribution in [0.5, 0.6) is 0 Å². The van der Waals surface area contributed by atoms with E-state index in [1.165, 1.54) is 5.57 Å². The van der Waals surface area contributed by atoms with Gasteiger partial charge in [0.15, 0.2) is 0 Å². The Morgan fingerprint density at radius 1 is 1.40 bits per heavy atom. The lowest BCUT2D eigenvalue weighted by Gasteiger charge is -2.07. The van der Waals surface area contributed by atoms with Crippen molar-refractivity contribution >= 4 is 5.94 Å². The summed E-state index contributed by atoms with van der Waals surface area (Å²) in [7, 11) is 0. The molecule has 1 heteroatoms. The minimum Gasteiger partial charge on any atom is -0.234 e. The van der Waals surface area contributed by atoms with Crippen LogP contribution in [0.1, 0.15) is 40.5 Å². The Hall–Kier alpha value is -1.07. The van der Waals surface area contributed by atoms with Gasteiger partial charge in [0, 0.05) is 12.0 Å². The number of hydrogen-bond acceptors (Lipinski definition) is 1. The lowest BCUT2D eigenvalue weighted by molar-refractivity contribution is 0.567. The monoisotopic (exact) mass is 206 g/mol. The number of hydrogen-bond donors (Lipinski definition) is 0. The molecule has 0 aliphatic heterocycles. The lowest BCUT2D eigenvalue weighted by Crippen LogP contribution is -1.93. The molecule has 0 rings (SSSR count). The van der Waals surface area contributed by atoms with Gasteiger partial charge in [0.25, 0.3) is 0 Å². The van der Waals surface area contributed by atoms with Crippen molar-refractivity contribution in [1.29, 1.82) is 0 Å². The summed E-state index contributed by atoms with van der Waals surface area (Å²) >= 11 is 0. The van der Waals surface area contributed by atoms with Crippen LogP contribution in [0.25, 0.3) is 0 Å². The second kappa shape index (κ2) is 8.26. The zero-order chi connectivity index (χ0) is 11.7. The third-order valence-corrected chi connectivity index (χ3v) is 2.22. The Morgan fingerprint density at radius 2 is 2.07 bits per heavy atom. The van der Waals surface area contributed by atoms with E-state index in [1.807, 2.05) is 12.9 Å². The van der Waals surface area contributed by atoms with E-state index in [2.05, 4.69) is 39.0 Å². The molecular formula is C14H22O. The smallest absolute Gasteiger partial charge is 0.120 e. The Balaban J connectivity index is 4.16. The molecule has 2 atom stereocenters. The third-order valence-electron chi connectivity index (χ3n) is 2.22. The number of rotatable bonds is 6. The molecular weight excluding hydrogens is 184 g/mol. The highest BCUT2D eigenvalue weighted by atomic mass is 16.1. The zero-order valence-electron chi connectivity index (χ0n) is 10.3. The van der Waals surface area contributed by atoms with Crippen molar-refractivity contribution in [3.05, 3.63) is 29.9 Å². The topological polar surface area (TPSA) is 17.1 Å². The molecule has 15 heavy (non-hydrogen) atoms. The fourth-order valence-electron chi connectivity index (χ4n) is 1.62. The SMILES string of the molecule is CCC=CC(C)CC(C)=CC(C)C=C=O. The predicted molar refractivity (Wildman–Crippen MR) is 66.4 cm³/mol. The molecule has 84 valence electrons. The highest BCUT2D eigenvalue weighted by molar-refractivity contribution is 5.46. The average Bonchev–Trinajstić information content (AvgIpc) is 2.14. The van der Waals surface area contributed by atoms with E-state index in [1.54, 1.807) is 6.08 Å². The molecule has 0 spiro atoms. The second-order valence-corrected chi connectivity index (χ2v) is 4.17. The van der Waals surface area contributed by atoms with Crippen molar-refractivity contribution in [1.82, 2.24) is 0 Å². The largest absolute Gasteiger partial charge is 0.234 e. The quantitative estimate of drug-likeness (QED) is 0.475. The molecule has 0 aromatic rings. The molecule has 1 nitrogen and oxygen atoms in total. The van der Waals surface area contributed by atoms with Crippen LogP contribution in [0.3, 0.4) is 0 Å². The van der Waals surface area contributed by atoms with E-state index >= 15 is 0 Å². The van der Waals surface area contributed by atoms with Crippen molar-refractivity contribution < 1.29 is 4.79 Å². The molecule has 0 radical (unpaired) electrons. The normalized spacial score (nSPS) is 16.1. The Labute approximate surface area is 93.6 Å². The predicted octanol–water partition coefficient (Wildman–Crippen LogP) is 3.95. The maximum Gasteiger partial charge on any atom is 0.120 e. The summed E-state index contributed by atoms with van der Waals surface area (Å²) < 4.78 is 0. The molecule has 0 N–H and O–H groups in total. The first-order valence-corrected chi connectivity index (χ1v) is 5.65. The zero-order valence-corrected chi connectivity index (χ0v) is 10.3. The highest BCUT2D eigenvalue weighted by Gasteiger charge is 2.00. The third kappa shape index (κ3) is 7.96. The minimum atomic E-state index is 0.199. The minimum absolute atomic E-state index is 0.199. The summed E-state index contributed by atoms with van der Waals surface area (Å²) in [5, 5.41) is 0. The molecule has 0 bridgehead atoms. The standard InChI is InChI=1S/C14H22O/c1-5-6-7-12(2)10-14(4)11-13(3)8-9-15/h6-8,11-13H,5,10H2,1-4H3. The van der Waals surface area contributed by atoms with Gasteiger partial charge in [-0.25, -0.2) is 4.79 Å². The van der Waals surface area contributed by atoms with Gasteiger partial charge < -0.3 is 0 Å². The molecule has 0 saturated carbocycles. The van der Waals surface area contributed by atoms with Crippen LogP contribution in [0.15, 0.2) is 29.9 Å². The van der Waals surface area contributed by atoms with E-state index in [4.69, 9.17) is 0 Å². The summed E-state index contributed by atoms with van der Waals surface area (Å²) in [6.07, 6.45) is 10.3. The van der Waals surface area contributed by atoms with Crippen molar-refractivity contribution in [2.75, 3.05) is 0 Å². The molecule has 0 aromatic carbocycles. The summed E-state index contributed by atoms with van der Waals surface area (Å²) in [6, 6.07) is 0. The van der Waals surface area contributed by atoms with Crippen LogP contribution < -0.4 is 0 Å². The van der Waals surface area contributed by atoms with Gasteiger partial charge in [-0.05, 0) is 25.7 Å². The van der Waals surface area contributed by atoms with Gasteiger partial charge in [0.2, 0.25) is 0 Å². The van der Waals surface area contributed by atoms with Gasteiger partial charge in [0.1, 0.15) is 5.94 Å². The van der Waals surface area contributed by atoms with Crippen molar-refractivity contribution in [3.8, 4) is 0 Å². The highest BCUT2D eigenvalue weighted by Crippen LogP contribution is 2.14. The van der Waals surface area contributed by atoms with Crippen LogP contribution in [0.4, 0.5) is 0 Å². The van der Waals surface area contributed by atoms with E-state index in [0.29, 0.717) is 5.92 Å². The van der Waals surface area contributed by atoms with Gasteiger partial charge in [-0.15, -0.1) is 0 Å². The van der Waals surface area contributed by atoms with Gasteiger partial charge in [-0.1, -0.05) is 44.6 Å². The van der Waals surface area contributed by atoms with Crippen LogP contribution in [0.2, 0.25) is 0 Å². The van der Waals surface area contributed by atoms with Crippen molar-refractivity contribution in [3.63, 3.8) is 0 Å². The van der Waals surface area contributed by atoms with Crippen molar-refractivity contribution in [2.45, 2.75) is 40.5 Å². The maximum atomic E-state index is 10.1. The molecule has 0 fully saturated rings. The summed E-state index contributed by atoms with van der Waals surface area (Å²) in [5.74, 6) is 2.60. The molecule has 0 aliphatic carbocycles. The van der Waals surface area contributed by atoms with Gasteiger partial charge >= 0.3 is 0 Å². The van der Waals surface area contributed by atoms with E-state index in [-0.39, 0.29) is 5.92 Å². The number of carbonyl (C=O) groups excluding carboxylic acids is 1. The van der Waals surface area contributed by atoms with E-state index < -0.39 is 0 Å². The fourth-order valence-corrected chi connectivity index (χ4v) is 1.62. The number of allylic oxidation sites excluding steroid dienone is 5. The maximum absolute atomic E-state index is 10.1. The second-order valence-electron chi connectivity index (χ2n) is 4.17. The molecule has 0 aromatic heterocycles.